The number of fused-ring (bicyclic) bond motifs is 1. The smallest absolute Gasteiger partial charge is 0.240 e. The fourth-order valence-corrected chi connectivity index (χ4v) is 3.17. The SMILES string of the molecule is O=C1Cc2cc(S(=O)(=O)NCc3cc[nH]c3)ccc2N1. The molecule has 1 amide bonds. The van der Waals surface area contributed by atoms with Gasteiger partial charge in [0.1, 0.15) is 0 Å². The average molecular weight is 291 g/mol. The largest absolute Gasteiger partial charge is 0.367 e. The second-order valence-electron chi connectivity index (χ2n) is 4.59. The van der Waals surface area contributed by atoms with Gasteiger partial charge in [-0.25, -0.2) is 13.1 Å². The van der Waals surface area contributed by atoms with Crippen LogP contribution >= 0.6 is 0 Å². The van der Waals surface area contributed by atoms with Crippen molar-refractivity contribution in [2.75, 3.05) is 5.32 Å². The molecular weight excluding hydrogens is 278 g/mol. The Morgan fingerprint density at radius 1 is 1.25 bits per heavy atom. The fourth-order valence-electron chi connectivity index (χ4n) is 2.10. The van der Waals surface area contributed by atoms with Crippen LogP contribution in [0.25, 0.3) is 0 Å². The average Bonchev–Trinajstić information content (AvgIpc) is 3.03. The van der Waals surface area contributed by atoms with Gasteiger partial charge in [-0.2, -0.15) is 0 Å². The minimum absolute atomic E-state index is 0.116. The summed E-state index contributed by atoms with van der Waals surface area (Å²) in [6.45, 7) is 0.222. The maximum Gasteiger partial charge on any atom is 0.240 e. The molecular formula is C13H13N3O3S. The number of amides is 1. The lowest BCUT2D eigenvalue weighted by Crippen LogP contribution is -2.23. The lowest BCUT2D eigenvalue weighted by molar-refractivity contribution is -0.115. The van der Waals surface area contributed by atoms with Crippen LogP contribution in [0.5, 0.6) is 0 Å². The molecule has 3 rings (SSSR count). The number of hydrogen-bond acceptors (Lipinski definition) is 3. The molecule has 1 aromatic heterocycles. The van der Waals surface area contributed by atoms with Crippen LogP contribution < -0.4 is 10.0 Å². The molecule has 2 aromatic rings. The Morgan fingerprint density at radius 2 is 2.10 bits per heavy atom. The first-order valence-corrected chi connectivity index (χ1v) is 7.57. The molecule has 0 spiro atoms. The van der Waals surface area contributed by atoms with E-state index < -0.39 is 10.0 Å². The Labute approximate surface area is 116 Å². The standard InChI is InChI=1S/C13H13N3O3S/c17-13-6-10-5-11(1-2-12(10)16-13)20(18,19)15-8-9-3-4-14-7-9/h1-5,7,14-15H,6,8H2,(H,16,17). The molecule has 3 N–H and O–H groups in total. The van der Waals surface area contributed by atoms with Gasteiger partial charge in [0, 0.05) is 24.6 Å². The van der Waals surface area contributed by atoms with Gasteiger partial charge in [-0.3, -0.25) is 4.79 Å². The molecule has 0 aliphatic carbocycles. The number of anilines is 1. The third kappa shape index (κ3) is 2.45. The Bertz CT molecular complexity index is 751. The van der Waals surface area contributed by atoms with E-state index in [0.29, 0.717) is 11.3 Å². The van der Waals surface area contributed by atoms with Gasteiger partial charge in [0.2, 0.25) is 15.9 Å². The highest BCUT2D eigenvalue weighted by atomic mass is 32.2. The molecule has 0 atom stereocenters. The van der Waals surface area contributed by atoms with Gasteiger partial charge in [0.05, 0.1) is 11.3 Å². The molecule has 104 valence electrons. The molecule has 0 radical (unpaired) electrons. The third-order valence-electron chi connectivity index (χ3n) is 3.14. The van der Waals surface area contributed by atoms with Crippen LogP contribution in [0.3, 0.4) is 0 Å². The molecule has 0 saturated carbocycles. The van der Waals surface area contributed by atoms with E-state index in [0.717, 1.165) is 5.56 Å². The Morgan fingerprint density at radius 3 is 2.85 bits per heavy atom. The number of sulfonamides is 1. The summed E-state index contributed by atoms with van der Waals surface area (Å²) in [5.74, 6) is -0.116. The number of aromatic nitrogens is 1. The molecule has 1 aliphatic rings. The van der Waals surface area contributed by atoms with Crippen LogP contribution in [0.15, 0.2) is 41.6 Å². The molecule has 0 saturated heterocycles. The van der Waals surface area contributed by atoms with Gasteiger partial charge < -0.3 is 10.3 Å². The summed E-state index contributed by atoms with van der Waals surface area (Å²) >= 11 is 0. The first-order valence-electron chi connectivity index (χ1n) is 6.09. The maximum atomic E-state index is 12.2. The topological polar surface area (TPSA) is 91.1 Å². The molecule has 1 aliphatic heterocycles. The molecule has 0 fully saturated rings. The zero-order valence-electron chi connectivity index (χ0n) is 10.5. The highest BCUT2D eigenvalue weighted by Crippen LogP contribution is 2.25. The third-order valence-corrected chi connectivity index (χ3v) is 4.54. The summed E-state index contributed by atoms with van der Waals surface area (Å²) in [5, 5.41) is 2.67. The first kappa shape index (κ1) is 12.9. The van der Waals surface area contributed by atoms with E-state index in [9.17, 15) is 13.2 Å². The molecule has 0 bridgehead atoms. The number of aromatic amines is 1. The summed E-state index contributed by atoms with van der Waals surface area (Å²) in [6, 6.07) is 6.44. The van der Waals surface area contributed by atoms with Crippen molar-refractivity contribution in [1.82, 2.24) is 9.71 Å². The summed E-state index contributed by atoms with van der Waals surface area (Å²) in [5.41, 5.74) is 2.24. The first-order chi connectivity index (χ1) is 9.54. The van der Waals surface area contributed by atoms with Crippen LogP contribution in [-0.4, -0.2) is 19.3 Å². The number of carbonyl (C=O) groups excluding carboxylic acids is 1. The van der Waals surface area contributed by atoms with Crippen molar-refractivity contribution in [2.24, 2.45) is 0 Å². The van der Waals surface area contributed by atoms with Gasteiger partial charge in [-0.1, -0.05) is 0 Å². The normalized spacial score (nSPS) is 14.1. The second kappa shape index (κ2) is 4.77. The van der Waals surface area contributed by atoms with Crippen LogP contribution in [-0.2, 0) is 27.8 Å². The monoisotopic (exact) mass is 291 g/mol. The summed E-state index contributed by atoms with van der Waals surface area (Å²) in [4.78, 5) is 14.3. The van der Waals surface area contributed by atoms with Crippen molar-refractivity contribution in [3.05, 3.63) is 47.8 Å². The molecule has 2 heterocycles. The Balaban J connectivity index is 1.81. The van der Waals surface area contributed by atoms with Crippen molar-refractivity contribution in [3.63, 3.8) is 0 Å². The van der Waals surface area contributed by atoms with Crippen molar-refractivity contribution in [1.29, 1.82) is 0 Å². The number of H-pyrrole nitrogens is 1. The van der Waals surface area contributed by atoms with Crippen molar-refractivity contribution in [3.8, 4) is 0 Å². The van der Waals surface area contributed by atoms with E-state index in [1.54, 1.807) is 24.5 Å². The molecule has 6 nitrogen and oxygen atoms in total. The predicted octanol–water partition coefficient (Wildman–Crippen LogP) is 0.988. The van der Waals surface area contributed by atoms with Gasteiger partial charge in [-0.05, 0) is 35.4 Å². The quantitative estimate of drug-likeness (QED) is 0.784. The fraction of sp³-hybridized carbons (Fsp3) is 0.154. The molecule has 20 heavy (non-hydrogen) atoms. The maximum absolute atomic E-state index is 12.2. The predicted molar refractivity (Wildman–Crippen MR) is 73.6 cm³/mol. The summed E-state index contributed by atoms with van der Waals surface area (Å²) in [6.07, 6.45) is 3.68. The summed E-state index contributed by atoms with van der Waals surface area (Å²) in [7, 11) is -3.58. The van der Waals surface area contributed by atoms with Crippen LogP contribution in [0.4, 0.5) is 5.69 Å². The van der Waals surface area contributed by atoms with E-state index in [4.69, 9.17) is 0 Å². The number of nitrogens with one attached hydrogen (secondary N) is 3. The lowest BCUT2D eigenvalue weighted by atomic mass is 10.2. The van der Waals surface area contributed by atoms with E-state index in [2.05, 4.69) is 15.0 Å². The van der Waals surface area contributed by atoms with Crippen molar-refractivity contribution < 1.29 is 13.2 Å². The Hall–Kier alpha value is -2.12. The van der Waals surface area contributed by atoms with E-state index >= 15 is 0 Å². The summed E-state index contributed by atoms with van der Waals surface area (Å²) < 4.78 is 26.9. The number of rotatable bonds is 4. The van der Waals surface area contributed by atoms with Gasteiger partial charge in [0.15, 0.2) is 0 Å². The van der Waals surface area contributed by atoms with Crippen LogP contribution in [0, 0.1) is 0 Å². The minimum Gasteiger partial charge on any atom is -0.367 e. The van der Waals surface area contributed by atoms with Crippen LogP contribution in [0.2, 0.25) is 0 Å². The number of benzene rings is 1. The van der Waals surface area contributed by atoms with Gasteiger partial charge >= 0.3 is 0 Å². The van der Waals surface area contributed by atoms with Crippen molar-refractivity contribution in [2.45, 2.75) is 17.9 Å². The van der Waals surface area contributed by atoms with E-state index in [1.165, 1.54) is 12.1 Å². The zero-order valence-corrected chi connectivity index (χ0v) is 11.3. The molecule has 7 heteroatoms. The number of carbonyl (C=O) groups is 1. The highest BCUT2D eigenvalue weighted by Gasteiger charge is 2.21. The lowest BCUT2D eigenvalue weighted by Gasteiger charge is -2.07. The van der Waals surface area contributed by atoms with Crippen molar-refractivity contribution >= 4 is 21.6 Å². The van der Waals surface area contributed by atoms with Crippen LogP contribution in [0.1, 0.15) is 11.1 Å². The number of hydrogen-bond donors (Lipinski definition) is 3. The highest BCUT2D eigenvalue weighted by molar-refractivity contribution is 7.89. The minimum atomic E-state index is -3.58. The molecule has 1 aromatic carbocycles. The van der Waals surface area contributed by atoms with E-state index in [1.807, 2.05) is 0 Å². The second-order valence-corrected chi connectivity index (χ2v) is 6.35. The van der Waals surface area contributed by atoms with E-state index in [-0.39, 0.29) is 23.8 Å². The molecule has 0 unspecified atom stereocenters. The van der Waals surface area contributed by atoms with Gasteiger partial charge in [-0.15, -0.1) is 0 Å². The zero-order chi connectivity index (χ0) is 14.2. The Kier molecular flexibility index (Phi) is 3.07. The van der Waals surface area contributed by atoms with Gasteiger partial charge in [0.25, 0.3) is 0 Å².